The standard InChI is InChI=1S/C28H46O6/c1-16(2)17(3)7-8-18(4)20-10-14-27(33)24(20,5)13-11-21-25(6)12-9-19(29)15-26(25,32)22(30)23(31)28(21,27)34/h7-8,16-22,29-30,32-34H,9-15H2,1-6H3/b8-7+/t17-,18+,19-,20+,21?,22+,24+,25+,26-,27-,28+/m0/s1. The highest BCUT2D eigenvalue weighted by Gasteiger charge is 2.81. The molecule has 0 aromatic carbocycles. The number of Topliss-reactive ketones (excluding diaryl/α,β-unsaturated/α-hetero) is 1. The van der Waals surface area contributed by atoms with Gasteiger partial charge in [0.25, 0.3) is 0 Å². The number of aliphatic hydroxyl groups excluding tert-OH is 2. The van der Waals surface area contributed by atoms with E-state index in [2.05, 4.69) is 39.8 Å². The summed E-state index contributed by atoms with van der Waals surface area (Å²) in [6.07, 6.45) is 4.62. The minimum absolute atomic E-state index is 0.0878. The molecule has 0 radical (unpaired) electrons. The highest BCUT2D eigenvalue weighted by atomic mass is 16.4. The number of carbonyl (C=O) groups excluding carboxylic acids is 1. The summed E-state index contributed by atoms with van der Waals surface area (Å²) in [5.74, 6) is -0.337. The van der Waals surface area contributed by atoms with E-state index in [1.165, 1.54) is 0 Å². The lowest BCUT2D eigenvalue weighted by molar-refractivity contribution is -0.319. The van der Waals surface area contributed by atoms with E-state index in [4.69, 9.17) is 0 Å². The molecule has 0 aliphatic heterocycles. The Kier molecular flexibility index (Phi) is 6.27. The number of ketones is 1. The molecule has 4 aliphatic carbocycles. The summed E-state index contributed by atoms with van der Waals surface area (Å²) in [5.41, 5.74) is -7.31. The third-order valence-corrected chi connectivity index (χ3v) is 11.5. The number of carbonyl (C=O) groups is 1. The van der Waals surface area contributed by atoms with Crippen LogP contribution in [-0.4, -0.2) is 60.3 Å². The molecule has 0 heterocycles. The minimum Gasteiger partial charge on any atom is -0.393 e. The van der Waals surface area contributed by atoms with Crippen LogP contribution in [0, 0.1) is 40.4 Å². The fourth-order valence-corrected chi connectivity index (χ4v) is 8.64. The largest absolute Gasteiger partial charge is 0.393 e. The van der Waals surface area contributed by atoms with Gasteiger partial charge in [0, 0.05) is 23.2 Å². The molecule has 34 heavy (non-hydrogen) atoms. The second-order valence-corrected chi connectivity index (χ2v) is 13.1. The third kappa shape index (κ3) is 3.08. The van der Waals surface area contributed by atoms with Crippen molar-refractivity contribution in [2.45, 2.75) is 115 Å². The van der Waals surface area contributed by atoms with Gasteiger partial charge in [-0.05, 0) is 62.2 Å². The molecule has 6 heteroatoms. The molecular formula is C28H46O6. The maximum absolute atomic E-state index is 13.7. The van der Waals surface area contributed by atoms with E-state index in [9.17, 15) is 30.3 Å². The van der Waals surface area contributed by atoms with Crippen LogP contribution in [0.4, 0.5) is 0 Å². The predicted molar refractivity (Wildman–Crippen MR) is 130 cm³/mol. The predicted octanol–water partition coefficient (Wildman–Crippen LogP) is 2.99. The first-order valence-corrected chi connectivity index (χ1v) is 13.4. The monoisotopic (exact) mass is 478 g/mol. The van der Waals surface area contributed by atoms with Crippen LogP contribution in [0.3, 0.4) is 0 Å². The molecule has 4 aliphatic rings. The number of hydrogen-bond acceptors (Lipinski definition) is 6. The molecule has 194 valence electrons. The molecule has 0 amide bonds. The average molecular weight is 479 g/mol. The van der Waals surface area contributed by atoms with Crippen molar-refractivity contribution in [3.05, 3.63) is 12.2 Å². The average Bonchev–Trinajstić information content (AvgIpc) is 3.05. The summed E-state index contributed by atoms with van der Waals surface area (Å²) in [6, 6.07) is 0. The molecule has 4 fully saturated rings. The summed E-state index contributed by atoms with van der Waals surface area (Å²) in [4.78, 5) is 13.7. The molecule has 6 nitrogen and oxygen atoms in total. The first-order valence-electron chi connectivity index (χ1n) is 13.4. The second kappa shape index (κ2) is 8.11. The van der Waals surface area contributed by atoms with Crippen molar-refractivity contribution in [1.82, 2.24) is 0 Å². The van der Waals surface area contributed by atoms with Gasteiger partial charge >= 0.3 is 0 Å². The van der Waals surface area contributed by atoms with Gasteiger partial charge in [-0.2, -0.15) is 0 Å². The van der Waals surface area contributed by atoms with Crippen LogP contribution < -0.4 is 0 Å². The van der Waals surface area contributed by atoms with Crippen molar-refractivity contribution in [2.75, 3.05) is 0 Å². The van der Waals surface area contributed by atoms with Crippen molar-refractivity contribution < 1.29 is 30.3 Å². The SMILES string of the molecule is CC(C)[C@@H](C)/C=C/[C@@H](C)[C@H]1CC[C@@]2(O)[C@]3(O)C(=O)[C@@H](O)[C@@]4(O)C[C@@H](O)CC[C@]4(C)C3CC[C@]12C. The zero-order valence-electron chi connectivity index (χ0n) is 21.8. The van der Waals surface area contributed by atoms with Crippen molar-refractivity contribution in [3.8, 4) is 0 Å². The molecule has 11 atom stereocenters. The lowest BCUT2D eigenvalue weighted by Crippen LogP contribution is -2.83. The normalized spacial score (nSPS) is 52.9. The van der Waals surface area contributed by atoms with Crippen LogP contribution in [-0.2, 0) is 4.79 Å². The highest BCUT2D eigenvalue weighted by Crippen LogP contribution is 2.71. The molecule has 0 spiro atoms. The van der Waals surface area contributed by atoms with Gasteiger partial charge in [-0.1, -0.05) is 53.7 Å². The number of rotatable bonds is 4. The van der Waals surface area contributed by atoms with Crippen LogP contribution in [0.15, 0.2) is 12.2 Å². The molecule has 5 N–H and O–H groups in total. The Morgan fingerprint density at radius 1 is 0.882 bits per heavy atom. The minimum atomic E-state index is -2.13. The van der Waals surface area contributed by atoms with Gasteiger partial charge in [-0.3, -0.25) is 4.79 Å². The zero-order valence-corrected chi connectivity index (χ0v) is 21.8. The van der Waals surface area contributed by atoms with Crippen molar-refractivity contribution in [3.63, 3.8) is 0 Å². The van der Waals surface area contributed by atoms with E-state index < -0.39 is 51.5 Å². The second-order valence-electron chi connectivity index (χ2n) is 13.1. The third-order valence-electron chi connectivity index (χ3n) is 11.5. The molecule has 0 saturated heterocycles. The Morgan fingerprint density at radius 2 is 1.50 bits per heavy atom. The molecule has 0 aromatic rings. The molecule has 0 aromatic heterocycles. The van der Waals surface area contributed by atoms with Gasteiger partial charge in [0.2, 0.25) is 0 Å². The van der Waals surface area contributed by atoms with Crippen LogP contribution >= 0.6 is 0 Å². The summed E-state index contributed by atoms with van der Waals surface area (Å²) in [5, 5.41) is 57.5. The van der Waals surface area contributed by atoms with Crippen LogP contribution in [0.1, 0.15) is 86.5 Å². The number of fused-ring (bicyclic) bond motifs is 5. The first kappa shape index (κ1) is 26.3. The fourth-order valence-electron chi connectivity index (χ4n) is 8.64. The van der Waals surface area contributed by atoms with E-state index in [0.717, 1.165) is 0 Å². The van der Waals surface area contributed by atoms with Crippen LogP contribution in [0.5, 0.6) is 0 Å². The van der Waals surface area contributed by atoms with E-state index >= 15 is 0 Å². The zero-order chi connectivity index (χ0) is 25.5. The maximum Gasteiger partial charge on any atom is 0.198 e. The lowest BCUT2D eigenvalue weighted by Gasteiger charge is -2.69. The Morgan fingerprint density at radius 3 is 2.12 bits per heavy atom. The van der Waals surface area contributed by atoms with E-state index in [-0.39, 0.29) is 24.7 Å². The summed E-state index contributed by atoms with van der Waals surface area (Å²) >= 11 is 0. The van der Waals surface area contributed by atoms with E-state index in [1.54, 1.807) is 0 Å². The topological polar surface area (TPSA) is 118 Å². The molecule has 0 bridgehead atoms. The Balaban J connectivity index is 1.74. The molecular weight excluding hydrogens is 432 g/mol. The summed E-state index contributed by atoms with van der Waals surface area (Å²) in [6.45, 7) is 12.6. The Bertz CT molecular complexity index is 856. The number of allylic oxidation sites excluding steroid dienone is 2. The fraction of sp³-hybridized carbons (Fsp3) is 0.893. The number of hydrogen-bond donors (Lipinski definition) is 5. The van der Waals surface area contributed by atoms with Crippen LogP contribution in [0.25, 0.3) is 0 Å². The first-order chi connectivity index (χ1) is 15.6. The quantitative estimate of drug-likeness (QED) is 0.397. The molecule has 1 unspecified atom stereocenters. The Labute approximate surface area is 204 Å². The number of aliphatic hydroxyl groups is 5. The summed E-state index contributed by atoms with van der Waals surface area (Å²) in [7, 11) is 0. The molecule has 4 saturated carbocycles. The van der Waals surface area contributed by atoms with Gasteiger partial charge in [0.1, 0.15) is 17.3 Å². The summed E-state index contributed by atoms with van der Waals surface area (Å²) < 4.78 is 0. The lowest BCUT2D eigenvalue weighted by atomic mass is 9.39. The maximum atomic E-state index is 13.7. The van der Waals surface area contributed by atoms with Crippen molar-refractivity contribution >= 4 is 5.78 Å². The van der Waals surface area contributed by atoms with Crippen molar-refractivity contribution in [2.24, 2.45) is 40.4 Å². The highest BCUT2D eigenvalue weighted by molar-refractivity contribution is 5.95. The van der Waals surface area contributed by atoms with Gasteiger partial charge in [-0.15, -0.1) is 0 Å². The smallest absolute Gasteiger partial charge is 0.198 e. The molecule has 4 rings (SSSR count). The van der Waals surface area contributed by atoms with Gasteiger partial charge in [0.15, 0.2) is 11.4 Å². The van der Waals surface area contributed by atoms with E-state index in [1.807, 2.05) is 13.8 Å². The van der Waals surface area contributed by atoms with Gasteiger partial charge < -0.3 is 25.5 Å². The van der Waals surface area contributed by atoms with E-state index in [0.29, 0.717) is 43.9 Å². The van der Waals surface area contributed by atoms with Gasteiger partial charge in [0.05, 0.1) is 6.10 Å². The van der Waals surface area contributed by atoms with Gasteiger partial charge in [-0.25, -0.2) is 0 Å². The Hall–Kier alpha value is -0.790. The van der Waals surface area contributed by atoms with Crippen molar-refractivity contribution in [1.29, 1.82) is 0 Å². The van der Waals surface area contributed by atoms with Crippen LogP contribution in [0.2, 0.25) is 0 Å².